The monoisotopic (exact) mass is 352 g/mol. The van der Waals surface area contributed by atoms with E-state index in [2.05, 4.69) is 26.6 Å². The highest BCUT2D eigenvalue weighted by molar-refractivity contribution is 5.92. The summed E-state index contributed by atoms with van der Waals surface area (Å²) in [7, 11) is 1.76. The molecule has 1 aliphatic heterocycles. The van der Waals surface area contributed by atoms with Crippen LogP contribution < -0.4 is 0 Å². The van der Waals surface area contributed by atoms with Gasteiger partial charge in [0.1, 0.15) is 0 Å². The molecule has 1 amide bonds. The number of carbonyl (C=O) groups excluding carboxylic acids is 1. The Morgan fingerprint density at radius 3 is 2.77 bits per heavy atom. The van der Waals surface area contributed by atoms with Crippen LogP contribution in [0.25, 0.3) is 5.65 Å². The number of carbonyl (C=O) groups is 1. The lowest BCUT2D eigenvalue weighted by Crippen LogP contribution is -2.38. The fourth-order valence-electron chi connectivity index (χ4n) is 4.00. The first-order valence-electron chi connectivity index (χ1n) is 9.09. The molecule has 3 aromatic heterocycles. The molecule has 0 N–H and O–H groups in total. The fourth-order valence-corrected chi connectivity index (χ4v) is 4.00. The van der Waals surface area contributed by atoms with Crippen LogP contribution in [0.15, 0.2) is 12.3 Å². The molecule has 0 aromatic carbocycles. The number of aryl methyl sites for hydroxylation is 3. The van der Waals surface area contributed by atoms with Crippen molar-refractivity contribution in [1.82, 2.24) is 39.7 Å². The Labute approximate surface area is 150 Å². The third-order valence-corrected chi connectivity index (χ3v) is 5.41. The maximum absolute atomic E-state index is 12.5. The summed E-state index contributed by atoms with van der Waals surface area (Å²) >= 11 is 0. The first-order chi connectivity index (χ1) is 12.7. The van der Waals surface area contributed by atoms with Gasteiger partial charge >= 0.3 is 0 Å². The van der Waals surface area contributed by atoms with Crippen LogP contribution in [0.4, 0.5) is 0 Å². The maximum Gasteiger partial charge on any atom is 0.276 e. The molecule has 0 unspecified atom stereocenters. The summed E-state index contributed by atoms with van der Waals surface area (Å²) in [6, 6.07) is 2.12. The topological polar surface area (TPSA) is 94.1 Å². The average Bonchev–Trinajstić information content (AvgIpc) is 3.38. The number of aromatic nitrogens is 7. The molecule has 9 nitrogen and oxygen atoms in total. The van der Waals surface area contributed by atoms with Crippen molar-refractivity contribution in [2.24, 2.45) is 7.05 Å². The summed E-state index contributed by atoms with van der Waals surface area (Å²) in [4.78, 5) is 14.4. The molecule has 1 aliphatic carbocycles. The van der Waals surface area contributed by atoms with Crippen molar-refractivity contribution in [1.29, 1.82) is 0 Å². The quantitative estimate of drug-likeness (QED) is 0.676. The third-order valence-electron chi connectivity index (χ3n) is 5.41. The normalized spacial score (nSPS) is 17.8. The number of piperidine rings is 1. The average molecular weight is 352 g/mol. The standard InChI is InChI=1S/C17H20N8O/c1-23-10-14(18-22-23)17(26)24-7-5-11(6-8-24)16-20-19-15-9-12-3-2-4-13(12)21-25(15)16/h9-11H,2-8H2,1H3. The molecule has 1 saturated heterocycles. The second-order valence-electron chi connectivity index (χ2n) is 7.14. The number of likely N-dealkylation sites (tertiary alicyclic amines) is 1. The summed E-state index contributed by atoms with van der Waals surface area (Å²) < 4.78 is 3.46. The van der Waals surface area contributed by atoms with Crippen LogP contribution in [-0.4, -0.2) is 58.7 Å². The summed E-state index contributed by atoms with van der Waals surface area (Å²) in [6.07, 6.45) is 6.65. The minimum Gasteiger partial charge on any atom is -0.337 e. The van der Waals surface area contributed by atoms with Crippen molar-refractivity contribution in [2.75, 3.05) is 13.1 Å². The summed E-state index contributed by atoms with van der Waals surface area (Å²) in [5.41, 5.74) is 3.71. The van der Waals surface area contributed by atoms with E-state index >= 15 is 0 Å². The lowest BCUT2D eigenvalue weighted by atomic mass is 9.96. The Hall–Kier alpha value is -2.84. The van der Waals surface area contributed by atoms with Gasteiger partial charge in [-0.15, -0.1) is 15.3 Å². The van der Waals surface area contributed by atoms with Crippen LogP contribution in [0.1, 0.15) is 52.8 Å². The number of hydrogen-bond acceptors (Lipinski definition) is 6. The molecule has 5 rings (SSSR count). The molecule has 134 valence electrons. The molecule has 4 heterocycles. The molecule has 26 heavy (non-hydrogen) atoms. The molecule has 0 bridgehead atoms. The van der Waals surface area contributed by atoms with E-state index in [1.54, 1.807) is 17.9 Å². The highest BCUT2D eigenvalue weighted by atomic mass is 16.2. The van der Waals surface area contributed by atoms with Gasteiger partial charge in [-0.1, -0.05) is 5.21 Å². The van der Waals surface area contributed by atoms with E-state index in [1.165, 1.54) is 17.7 Å². The third kappa shape index (κ3) is 2.46. The minimum atomic E-state index is -0.0569. The van der Waals surface area contributed by atoms with Crippen LogP contribution in [0.5, 0.6) is 0 Å². The van der Waals surface area contributed by atoms with Crippen molar-refractivity contribution in [3.05, 3.63) is 35.0 Å². The number of fused-ring (bicyclic) bond motifs is 2. The van der Waals surface area contributed by atoms with Crippen molar-refractivity contribution in [3.8, 4) is 0 Å². The van der Waals surface area contributed by atoms with E-state index in [0.29, 0.717) is 18.8 Å². The first-order valence-corrected chi connectivity index (χ1v) is 9.09. The largest absolute Gasteiger partial charge is 0.337 e. The van der Waals surface area contributed by atoms with Gasteiger partial charge in [-0.2, -0.15) is 9.61 Å². The maximum atomic E-state index is 12.5. The molecule has 3 aromatic rings. The molecule has 0 spiro atoms. The van der Waals surface area contributed by atoms with Gasteiger partial charge in [-0.25, -0.2) is 0 Å². The van der Waals surface area contributed by atoms with E-state index < -0.39 is 0 Å². The highest BCUT2D eigenvalue weighted by Crippen LogP contribution is 2.28. The van der Waals surface area contributed by atoms with E-state index in [9.17, 15) is 4.79 Å². The molecule has 9 heteroatoms. The summed E-state index contributed by atoms with van der Waals surface area (Å²) in [5, 5.41) is 21.3. The summed E-state index contributed by atoms with van der Waals surface area (Å²) in [6.45, 7) is 1.36. The zero-order valence-corrected chi connectivity index (χ0v) is 14.7. The van der Waals surface area contributed by atoms with E-state index in [1.807, 2.05) is 9.42 Å². The molecular formula is C17H20N8O. The number of amides is 1. The van der Waals surface area contributed by atoms with Gasteiger partial charge < -0.3 is 4.90 Å². The van der Waals surface area contributed by atoms with Crippen LogP contribution in [0.2, 0.25) is 0 Å². The Balaban J connectivity index is 1.34. The Morgan fingerprint density at radius 2 is 2.00 bits per heavy atom. The fraction of sp³-hybridized carbons (Fsp3) is 0.529. The first kappa shape index (κ1) is 15.4. The Kier molecular flexibility index (Phi) is 3.47. The van der Waals surface area contributed by atoms with Gasteiger partial charge in [0.15, 0.2) is 17.2 Å². The van der Waals surface area contributed by atoms with Gasteiger partial charge in [0, 0.05) is 26.1 Å². The highest BCUT2D eigenvalue weighted by Gasteiger charge is 2.29. The SMILES string of the molecule is Cn1cc(C(=O)N2CCC(c3nnc4cc5c(nn34)CCC5)CC2)nn1. The number of hydrogen-bond donors (Lipinski definition) is 0. The van der Waals surface area contributed by atoms with Crippen LogP contribution in [0.3, 0.4) is 0 Å². The van der Waals surface area contributed by atoms with E-state index in [4.69, 9.17) is 5.10 Å². The molecule has 0 atom stereocenters. The molecular weight excluding hydrogens is 332 g/mol. The zero-order chi connectivity index (χ0) is 17.7. The van der Waals surface area contributed by atoms with Gasteiger partial charge in [0.25, 0.3) is 5.91 Å². The number of nitrogens with zero attached hydrogens (tertiary/aromatic N) is 8. The van der Waals surface area contributed by atoms with Crippen molar-refractivity contribution >= 4 is 11.6 Å². The second-order valence-corrected chi connectivity index (χ2v) is 7.14. The van der Waals surface area contributed by atoms with Crippen LogP contribution in [-0.2, 0) is 19.9 Å². The van der Waals surface area contributed by atoms with Crippen molar-refractivity contribution in [2.45, 2.75) is 38.0 Å². The lowest BCUT2D eigenvalue weighted by molar-refractivity contribution is 0.0704. The smallest absolute Gasteiger partial charge is 0.276 e. The minimum absolute atomic E-state index is 0.0569. The van der Waals surface area contributed by atoms with E-state index in [-0.39, 0.29) is 11.8 Å². The predicted octanol–water partition coefficient (Wildman–Crippen LogP) is 0.761. The van der Waals surface area contributed by atoms with E-state index in [0.717, 1.165) is 37.2 Å². The summed E-state index contributed by atoms with van der Waals surface area (Å²) in [5.74, 6) is 1.13. The van der Waals surface area contributed by atoms with Gasteiger partial charge in [-0.3, -0.25) is 9.48 Å². The predicted molar refractivity (Wildman–Crippen MR) is 91.7 cm³/mol. The van der Waals surface area contributed by atoms with Crippen LogP contribution in [0, 0.1) is 0 Å². The van der Waals surface area contributed by atoms with Crippen molar-refractivity contribution in [3.63, 3.8) is 0 Å². The zero-order valence-electron chi connectivity index (χ0n) is 14.7. The molecule has 0 saturated carbocycles. The Morgan fingerprint density at radius 1 is 1.15 bits per heavy atom. The molecule has 1 fully saturated rings. The van der Waals surface area contributed by atoms with Crippen LogP contribution >= 0.6 is 0 Å². The molecule has 0 radical (unpaired) electrons. The molecule has 2 aliphatic rings. The lowest BCUT2D eigenvalue weighted by Gasteiger charge is -2.30. The number of rotatable bonds is 2. The Bertz CT molecular complexity index is 982. The van der Waals surface area contributed by atoms with Gasteiger partial charge in [0.05, 0.1) is 11.9 Å². The second kappa shape index (κ2) is 5.86. The van der Waals surface area contributed by atoms with Crippen molar-refractivity contribution < 1.29 is 4.79 Å². The van der Waals surface area contributed by atoms with Gasteiger partial charge in [-0.05, 0) is 43.7 Å². The van der Waals surface area contributed by atoms with Gasteiger partial charge in [0.2, 0.25) is 0 Å².